The fourth-order valence-corrected chi connectivity index (χ4v) is 2.99. The van der Waals surface area contributed by atoms with Crippen molar-refractivity contribution in [2.24, 2.45) is 11.8 Å². The molecule has 0 saturated heterocycles. The molecule has 0 spiro atoms. The van der Waals surface area contributed by atoms with Crippen molar-refractivity contribution in [3.8, 4) is 0 Å². The first-order valence-corrected chi connectivity index (χ1v) is 7.39. The standard InChI is InChI=1S/C15H24N2O3/c1-9(2)14-13(10(3)17-20-14)15(19)16-7-11-5-4-6-12(11)8-18/h9,11-12,18H,4-8H2,1-3H3,(H,16,19). The molecular formula is C15H24N2O3. The molecule has 1 aliphatic rings. The summed E-state index contributed by atoms with van der Waals surface area (Å²) in [5.74, 6) is 1.37. The Labute approximate surface area is 119 Å². The van der Waals surface area contributed by atoms with E-state index in [1.165, 1.54) is 0 Å². The van der Waals surface area contributed by atoms with E-state index < -0.39 is 0 Å². The SMILES string of the molecule is Cc1noc(C(C)C)c1C(=O)NCC1CCCC1CO. The number of hydrogen-bond acceptors (Lipinski definition) is 4. The maximum atomic E-state index is 12.3. The third kappa shape index (κ3) is 3.03. The van der Waals surface area contributed by atoms with Crippen LogP contribution < -0.4 is 5.32 Å². The molecule has 0 radical (unpaired) electrons. The summed E-state index contributed by atoms with van der Waals surface area (Å²) in [4.78, 5) is 12.3. The summed E-state index contributed by atoms with van der Waals surface area (Å²) in [5, 5.41) is 16.2. The Morgan fingerprint density at radius 1 is 1.45 bits per heavy atom. The van der Waals surface area contributed by atoms with Gasteiger partial charge in [0.05, 0.1) is 5.69 Å². The van der Waals surface area contributed by atoms with Crippen molar-refractivity contribution in [1.29, 1.82) is 0 Å². The van der Waals surface area contributed by atoms with E-state index in [1.54, 1.807) is 6.92 Å². The molecule has 0 bridgehead atoms. The van der Waals surface area contributed by atoms with Gasteiger partial charge in [0.2, 0.25) is 0 Å². The van der Waals surface area contributed by atoms with E-state index in [1.807, 2.05) is 13.8 Å². The molecule has 2 unspecified atom stereocenters. The van der Waals surface area contributed by atoms with Crippen molar-refractivity contribution in [2.75, 3.05) is 13.2 Å². The Bertz CT molecular complexity index is 468. The second kappa shape index (κ2) is 6.39. The molecule has 20 heavy (non-hydrogen) atoms. The summed E-state index contributed by atoms with van der Waals surface area (Å²) >= 11 is 0. The first-order valence-electron chi connectivity index (χ1n) is 7.39. The lowest BCUT2D eigenvalue weighted by Crippen LogP contribution is -2.32. The van der Waals surface area contributed by atoms with Gasteiger partial charge in [-0.25, -0.2) is 0 Å². The molecule has 2 N–H and O–H groups in total. The highest BCUT2D eigenvalue weighted by atomic mass is 16.5. The summed E-state index contributed by atoms with van der Waals surface area (Å²) in [7, 11) is 0. The number of aryl methyl sites for hydroxylation is 1. The van der Waals surface area contributed by atoms with Crippen LogP contribution in [0.25, 0.3) is 0 Å². The zero-order chi connectivity index (χ0) is 14.7. The Kier molecular flexibility index (Phi) is 4.81. The number of nitrogens with zero attached hydrogens (tertiary/aromatic N) is 1. The van der Waals surface area contributed by atoms with Gasteiger partial charge in [-0.2, -0.15) is 0 Å². The number of nitrogens with one attached hydrogen (secondary N) is 1. The zero-order valence-corrected chi connectivity index (χ0v) is 12.5. The van der Waals surface area contributed by atoms with Crippen molar-refractivity contribution < 1.29 is 14.4 Å². The van der Waals surface area contributed by atoms with Crippen LogP contribution in [0.15, 0.2) is 4.52 Å². The van der Waals surface area contributed by atoms with Gasteiger partial charge in [-0.1, -0.05) is 25.4 Å². The highest BCUT2D eigenvalue weighted by Crippen LogP contribution is 2.31. The highest BCUT2D eigenvalue weighted by molar-refractivity contribution is 5.96. The van der Waals surface area contributed by atoms with Crippen LogP contribution in [0.2, 0.25) is 0 Å². The Balaban J connectivity index is 2.00. The lowest BCUT2D eigenvalue weighted by molar-refractivity contribution is 0.0934. The smallest absolute Gasteiger partial charge is 0.256 e. The molecule has 1 amide bonds. The maximum absolute atomic E-state index is 12.3. The molecular weight excluding hydrogens is 256 g/mol. The molecule has 1 fully saturated rings. The predicted octanol–water partition coefficient (Wildman–Crippen LogP) is 2.24. The maximum Gasteiger partial charge on any atom is 0.256 e. The zero-order valence-electron chi connectivity index (χ0n) is 12.5. The van der Waals surface area contributed by atoms with Gasteiger partial charge in [0, 0.05) is 19.1 Å². The van der Waals surface area contributed by atoms with Crippen LogP contribution in [-0.2, 0) is 0 Å². The van der Waals surface area contributed by atoms with Crippen molar-refractivity contribution in [2.45, 2.75) is 46.0 Å². The number of aliphatic hydroxyl groups excluding tert-OH is 1. The van der Waals surface area contributed by atoms with E-state index in [9.17, 15) is 9.90 Å². The number of hydrogen-bond donors (Lipinski definition) is 2. The van der Waals surface area contributed by atoms with E-state index in [-0.39, 0.29) is 18.4 Å². The minimum Gasteiger partial charge on any atom is -0.396 e. The van der Waals surface area contributed by atoms with E-state index in [0.717, 1.165) is 19.3 Å². The summed E-state index contributed by atoms with van der Waals surface area (Å²) in [6, 6.07) is 0. The largest absolute Gasteiger partial charge is 0.396 e. The quantitative estimate of drug-likeness (QED) is 0.867. The predicted molar refractivity (Wildman–Crippen MR) is 75.6 cm³/mol. The van der Waals surface area contributed by atoms with E-state index in [2.05, 4.69) is 10.5 Å². The van der Waals surface area contributed by atoms with Crippen LogP contribution in [0.4, 0.5) is 0 Å². The van der Waals surface area contributed by atoms with Gasteiger partial charge < -0.3 is 14.9 Å². The number of carbonyl (C=O) groups is 1. The molecule has 2 atom stereocenters. The fraction of sp³-hybridized carbons (Fsp3) is 0.733. The molecule has 1 heterocycles. The molecule has 1 aliphatic carbocycles. The monoisotopic (exact) mass is 280 g/mol. The van der Waals surface area contributed by atoms with Gasteiger partial charge in [-0.15, -0.1) is 0 Å². The molecule has 1 saturated carbocycles. The fourth-order valence-electron chi connectivity index (χ4n) is 2.99. The summed E-state index contributed by atoms with van der Waals surface area (Å²) in [6.07, 6.45) is 3.26. The third-order valence-electron chi connectivity index (χ3n) is 4.22. The third-order valence-corrected chi connectivity index (χ3v) is 4.22. The lowest BCUT2D eigenvalue weighted by atomic mass is 9.96. The molecule has 5 nitrogen and oxygen atoms in total. The Hall–Kier alpha value is -1.36. The summed E-state index contributed by atoms with van der Waals surface area (Å²) in [6.45, 7) is 6.58. The number of aliphatic hydroxyl groups is 1. The van der Waals surface area contributed by atoms with Crippen molar-refractivity contribution in [1.82, 2.24) is 10.5 Å². The minimum absolute atomic E-state index is 0.115. The molecule has 2 rings (SSSR count). The van der Waals surface area contributed by atoms with Gasteiger partial charge in [0.25, 0.3) is 5.91 Å². The lowest BCUT2D eigenvalue weighted by Gasteiger charge is -2.17. The van der Waals surface area contributed by atoms with Crippen molar-refractivity contribution in [3.63, 3.8) is 0 Å². The molecule has 112 valence electrons. The molecule has 0 aliphatic heterocycles. The van der Waals surface area contributed by atoms with E-state index >= 15 is 0 Å². The average Bonchev–Trinajstić information content (AvgIpc) is 3.01. The number of amides is 1. The van der Waals surface area contributed by atoms with Gasteiger partial charge in [-0.3, -0.25) is 4.79 Å². The molecule has 1 aromatic rings. The Morgan fingerprint density at radius 3 is 2.80 bits per heavy atom. The highest BCUT2D eigenvalue weighted by Gasteiger charge is 2.28. The average molecular weight is 280 g/mol. The van der Waals surface area contributed by atoms with Crippen LogP contribution >= 0.6 is 0 Å². The van der Waals surface area contributed by atoms with Crippen LogP contribution in [0, 0.1) is 18.8 Å². The van der Waals surface area contributed by atoms with E-state index in [0.29, 0.717) is 35.4 Å². The minimum atomic E-state index is -0.115. The first kappa shape index (κ1) is 15.0. The molecule has 0 aromatic carbocycles. The van der Waals surface area contributed by atoms with Crippen LogP contribution in [0.3, 0.4) is 0 Å². The second-order valence-corrected chi connectivity index (χ2v) is 6.01. The number of carbonyl (C=O) groups excluding carboxylic acids is 1. The van der Waals surface area contributed by atoms with E-state index in [4.69, 9.17) is 4.52 Å². The van der Waals surface area contributed by atoms with Crippen molar-refractivity contribution in [3.05, 3.63) is 17.0 Å². The van der Waals surface area contributed by atoms with Gasteiger partial charge >= 0.3 is 0 Å². The van der Waals surface area contributed by atoms with Crippen LogP contribution in [0.5, 0.6) is 0 Å². The van der Waals surface area contributed by atoms with Gasteiger partial charge in [-0.05, 0) is 31.6 Å². The van der Waals surface area contributed by atoms with Crippen LogP contribution in [-0.4, -0.2) is 29.3 Å². The summed E-state index contributed by atoms with van der Waals surface area (Å²) in [5.41, 5.74) is 1.20. The second-order valence-electron chi connectivity index (χ2n) is 6.01. The van der Waals surface area contributed by atoms with Gasteiger partial charge in [0.1, 0.15) is 5.56 Å². The summed E-state index contributed by atoms with van der Waals surface area (Å²) < 4.78 is 5.24. The Morgan fingerprint density at radius 2 is 2.15 bits per heavy atom. The first-order chi connectivity index (χ1) is 9.54. The number of aromatic nitrogens is 1. The van der Waals surface area contributed by atoms with Crippen LogP contribution in [0.1, 0.15) is 60.8 Å². The van der Waals surface area contributed by atoms with Gasteiger partial charge in [0.15, 0.2) is 5.76 Å². The molecule has 5 heteroatoms. The molecule has 1 aromatic heterocycles. The topological polar surface area (TPSA) is 75.4 Å². The van der Waals surface area contributed by atoms with Crippen molar-refractivity contribution >= 4 is 5.91 Å². The number of rotatable bonds is 5. The normalized spacial score (nSPS) is 22.4.